The van der Waals surface area contributed by atoms with Gasteiger partial charge in [-0.3, -0.25) is 4.98 Å². The Kier molecular flexibility index (Phi) is 5.64. The molecule has 122 valence electrons. The number of thiophene rings is 1. The number of carbonyl (C=O) groups is 1. The first kappa shape index (κ1) is 16.0. The van der Waals surface area contributed by atoms with Crippen molar-refractivity contribution < 1.29 is 4.79 Å². The second kappa shape index (κ2) is 8.11. The van der Waals surface area contributed by atoms with Gasteiger partial charge >= 0.3 is 6.03 Å². The Bertz CT molecular complexity index is 600. The molecule has 1 atom stereocenters. The Morgan fingerprint density at radius 2 is 2.30 bits per heavy atom. The topological polar surface area (TPSA) is 45.2 Å². The van der Waals surface area contributed by atoms with Gasteiger partial charge in [0.1, 0.15) is 0 Å². The molecule has 5 heteroatoms. The van der Waals surface area contributed by atoms with Gasteiger partial charge in [0, 0.05) is 36.4 Å². The Morgan fingerprint density at radius 1 is 1.35 bits per heavy atom. The lowest BCUT2D eigenvalue weighted by molar-refractivity contribution is 0.146. The number of piperidine rings is 1. The third-order valence-electron chi connectivity index (χ3n) is 4.36. The average Bonchev–Trinajstić information content (AvgIpc) is 3.12. The molecule has 3 rings (SSSR count). The van der Waals surface area contributed by atoms with Gasteiger partial charge in [0.15, 0.2) is 0 Å². The smallest absolute Gasteiger partial charge is 0.317 e. The van der Waals surface area contributed by atoms with Gasteiger partial charge in [-0.05, 0) is 55.2 Å². The summed E-state index contributed by atoms with van der Waals surface area (Å²) in [5.41, 5.74) is 1.04. The van der Waals surface area contributed by atoms with Gasteiger partial charge in [-0.2, -0.15) is 0 Å². The van der Waals surface area contributed by atoms with Crippen molar-refractivity contribution in [3.8, 4) is 0 Å². The maximum Gasteiger partial charge on any atom is 0.317 e. The fourth-order valence-corrected chi connectivity index (χ4v) is 3.84. The maximum atomic E-state index is 12.5. The number of hydrogen-bond acceptors (Lipinski definition) is 3. The van der Waals surface area contributed by atoms with Crippen LogP contribution in [0.25, 0.3) is 0 Å². The van der Waals surface area contributed by atoms with Gasteiger partial charge in [0.2, 0.25) is 0 Å². The van der Waals surface area contributed by atoms with Crippen LogP contribution in [0.15, 0.2) is 42.0 Å². The summed E-state index contributed by atoms with van der Waals surface area (Å²) in [6.45, 7) is 1.41. The summed E-state index contributed by atoms with van der Waals surface area (Å²) in [4.78, 5) is 20.1. The predicted molar refractivity (Wildman–Crippen MR) is 93.5 cm³/mol. The van der Waals surface area contributed by atoms with Gasteiger partial charge in [-0.25, -0.2) is 4.79 Å². The van der Waals surface area contributed by atoms with Crippen molar-refractivity contribution >= 4 is 17.4 Å². The van der Waals surface area contributed by atoms with Crippen molar-refractivity contribution in [1.82, 2.24) is 15.2 Å². The lowest BCUT2D eigenvalue weighted by Gasteiger charge is -2.35. The van der Waals surface area contributed by atoms with Gasteiger partial charge < -0.3 is 10.2 Å². The molecule has 1 fully saturated rings. The standard InChI is InChI=1S/C18H23N3OS/c22-18(20-14-15-5-3-10-19-13-15)21-11-2-1-6-16(21)8-9-17-7-4-12-23-17/h3-5,7,10,12-13,16H,1-2,6,8-9,11,14H2,(H,20,22). The van der Waals surface area contributed by atoms with Crippen LogP contribution in [-0.2, 0) is 13.0 Å². The number of urea groups is 1. The van der Waals surface area contributed by atoms with Crippen molar-refractivity contribution in [2.45, 2.75) is 44.7 Å². The number of hydrogen-bond donors (Lipinski definition) is 1. The van der Waals surface area contributed by atoms with Crippen LogP contribution in [-0.4, -0.2) is 28.5 Å². The molecule has 23 heavy (non-hydrogen) atoms. The minimum Gasteiger partial charge on any atom is -0.334 e. The van der Waals surface area contributed by atoms with Crippen molar-refractivity contribution in [2.75, 3.05) is 6.54 Å². The van der Waals surface area contributed by atoms with E-state index in [1.165, 1.54) is 11.3 Å². The first-order chi connectivity index (χ1) is 11.3. The molecule has 4 nitrogen and oxygen atoms in total. The van der Waals surface area contributed by atoms with Crippen molar-refractivity contribution in [1.29, 1.82) is 0 Å². The summed E-state index contributed by atoms with van der Waals surface area (Å²) in [6, 6.07) is 8.58. The highest BCUT2D eigenvalue weighted by Crippen LogP contribution is 2.22. The Labute approximate surface area is 141 Å². The summed E-state index contributed by atoms with van der Waals surface area (Å²) in [5.74, 6) is 0. The molecule has 3 heterocycles. The van der Waals surface area contributed by atoms with E-state index in [1.54, 1.807) is 23.7 Å². The van der Waals surface area contributed by atoms with Crippen LogP contribution >= 0.6 is 11.3 Å². The number of aryl methyl sites for hydroxylation is 1. The predicted octanol–water partition coefficient (Wildman–Crippen LogP) is 3.84. The number of likely N-dealkylation sites (tertiary alicyclic amines) is 1. The van der Waals surface area contributed by atoms with Crippen molar-refractivity contribution in [2.24, 2.45) is 0 Å². The number of amides is 2. The van der Waals surface area contributed by atoms with Crippen molar-refractivity contribution in [3.05, 3.63) is 52.5 Å². The van der Waals surface area contributed by atoms with E-state index in [1.807, 2.05) is 17.0 Å². The molecule has 1 unspecified atom stereocenters. The number of pyridine rings is 1. The Morgan fingerprint density at radius 3 is 3.09 bits per heavy atom. The van der Waals surface area contributed by atoms with Crippen molar-refractivity contribution in [3.63, 3.8) is 0 Å². The van der Waals surface area contributed by atoms with Crippen LogP contribution < -0.4 is 5.32 Å². The second-order valence-electron chi connectivity index (χ2n) is 5.98. The minimum atomic E-state index is 0.0599. The van der Waals surface area contributed by atoms with E-state index in [4.69, 9.17) is 0 Å². The van der Waals surface area contributed by atoms with Gasteiger partial charge in [0.05, 0.1) is 0 Å². The quantitative estimate of drug-likeness (QED) is 0.906. The van der Waals surface area contributed by atoms with E-state index < -0.39 is 0 Å². The van der Waals surface area contributed by atoms with Gasteiger partial charge in [-0.1, -0.05) is 12.1 Å². The van der Waals surface area contributed by atoms with Crippen LogP contribution in [0, 0.1) is 0 Å². The van der Waals surface area contributed by atoms with Gasteiger partial charge in [-0.15, -0.1) is 11.3 Å². The van der Waals surface area contributed by atoms with Gasteiger partial charge in [0.25, 0.3) is 0 Å². The molecule has 0 bridgehead atoms. The number of aromatic nitrogens is 1. The highest BCUT2D eigenvalue weighted by Gasteiger charge is 2.26. The summed E-state index contributed by atoms with van der Waals surface area (Å²) >= 11 is 1.80. The summed E-state index contributed by atoms with van der Waals surface area (Å²) in [5, 5.41) is 5.16. The molecule has 1 aliphatic heterocycles. The molecule has 0 aliphatic carbocycles. The molecular weight excluding hydrogens is 306 g/mol. The molecule has 2 aromatic rings. The van der Waals surface area contributed by atoms with Crippen LogP contribution in [0.3, 0.4) is 0 Å². The molecule has 2 aromatic heterocycles. The molecule has 1 saturated heterocycles. The van der Waals surface area contributed by atoms with E-state index in [0.717, 1.165) is 37.8 Å². The number of nitrogens with one attached hydrogen (secondary N) is 1. The lowest BCUT2D eigenvalue weighted by atomic mass is 9.98. The summed E-state index contributed by atoms with van der Waals surface area (Å²) in [7, 11) is 0. The van der Waals surface area contributed by atoms with E-state index >= 15 is 0 Å². The van der Waals surface area contributed by atoms with Crippen LogP contribution in [0.5, 0.6) is 0 Å². The summed E-state index contributed by atoms with van der Waals surface area (Å²) in [6.07, 6.45) is 9.11. The van der Waals surface area contributed by atoms with Crippen LogP contribution in [0.2, 0.25) is 0 Å². The molecule has 0 spiro atoms. The van der Waals surface area contributed by atoms with Crippen LogP contribution in [0.1, 0.15) is 36.1 Å². The molecule has 1 N–H and O–H groups in total. The fourth-order valence-electron chi connectivity index (χ4n) is 3.11. The molecule has 2 amide bonds. The minimum absolute atomic E-state index is 0.0599. The zero-order valence-corrected chi connectivity index (χ0v) is 14.1. The molecular formula is C18H23N3OS. The zero-order valence-electron chi connectivity index (χ0n) is 13.3. The van der Waals surface area contributed by atoms with E-state index in [9.17, 15) is 4.79 Å². The Balaban J connectivity index is 1.53. The SMILES string of the molecule is O=C(NCc1cccnc1)N1CCCCC1CCc1cccs1. The summed E-state index contributed by atoms with van der Waals surface area (Å²) < 4.78 is 0. The normalized spacial score (nSPS) is 17.9. The third kappa shape index (κ3) is 4.55. The zero-order chi connectivity index (χ0) is 15.9. The number of rotatable bonds is 5. The molecule has 0 saturated carbocycles. The van der Waals surface area contributed by atoms with E-state index in [0.29, 0.717) is 12.6 Å². The maximum absolute atomic E-state index is 12.5. The first-order valence-corrected chi connectivity index (χ1v) is 9.16. The molecule has 1 aliphatic rings. The Hall–Kier alpha value is -1.88. The third-order valence-corrected chi connectivity index (χ3v) is 5.29. The van der Waals surface area contributed by atoms with E-state index in [2.05, 4.69) is 27.8 Å². The lowest BCUT2D eigenvalue weighted by Crippen LogP contribution is -2.48. The largest absolute Gasteiger partial charge is 0.334 e. The number of nitrogens with zero attached hydrogens (tertiary/aromatic N) is 2. The molecule has 0 aromatic carbocycles. The number of carbonyl (C=O) groups excluding carboxylic acids is 1. The highest BCUT2D eigenvalue weighted by molar-refractivity contribution is 7.09. The monoisotopic (exact) mass is 329 g/mol. The fraction of sp³-hybridized carbons (Fsp3) is 0.444. The highest BCUT2D eigenvalue weighted by atomic mass is 32.1. The first-order valence-electron chi connectivity index (χ1n) is 8.28. The average molecular weight is 329 g/mol. The second-order valence-corrected chi connectivity index (χ2v) is 7.01. The van der Waals surface area contributed by atoms with Crippen LogP contribution in [0.4, 0.5) is 4.79 Å². The van der Waals surface area contributed by atoms with E-state index in [-0.39, 0.29) is 6.03 Å². The molecule has 0 radical (unpaired) electrons.